The third kappa shape index (κ3) is 1.99. The molecule has 1 saturated carbocycles. The number of phenolic OH excluding ortho intramolecular Hbond substituents is 1. The third-order valence-electron chi connectivity index (χ3n) is 2.06. The van der Waals surface area contributed by atoms with Gasteiger partial charge in [0.05, 0.1) is 0 Å². The minimum Gasteiger partial charge on any atom is -0.508 e. The zero-order chi connectivity index (χ0) is 9.26. The van der Waals surface area contributed by atoms with Gasteiger partial charge in [-0.15, -0.1) is 0 Å². The standard InChI is InChI=1S/C10H11NO2/c12-9-3-1-2-8(6-9)11-10(13)7-4-5-7/h1-3,6-7,12H,4-5H2,(H,11,13). The molecule has 1 aliphatic rings. The average Bonchev–Trinajstić information content (AvgIpc) is 2.85. The topological polar surface area (TPSA) is 49.3 Å². The Balaban J connectivity index is 2.04. The molecule has 13 heavy (non-hydrogen) atoms. The normalized spacial score (nSPS) is 15.4. The molecule has 1 aliphatic carbocycles. The van der Waals surface area contributed by atoms with E-state index in [0.717, 1.165) is 12.8 Å². The van der Waals surface area contributed by atoms with Gasteiger partial charge in [0.2, 0.25) is 5.91 Å². The summed E-state index contributed by atoms with van der Waals surface area (Å²) in [5.41, 5.74) is 0.664. The average molecular weight is 177 g/mol. The van der Waals surface area contributed by atoms with Crippen molar-refractivity contribution in [1.29, 1.82) is 0 Å². The van der Waals surface area contributed by atoms with Crippen LogP contribution >= 0.6 is 0 Å². The monoisotopic (exact) mass is 177 g/mol. The van der Waals surface area contributed by atoms with Crippen LogP contribution in [0.15, 0.2) is 24.3 Å². The fraction of sp³-hybridized carbons (Fsp3) is 0.300. The summed E-state index contributed by atoms with van der Waals surface area (Å²) in [5.74, 6) is 0.432. The summed E-state index contributed by atoms with van der Waals surface area (Å²) in [7, 11) is 0. The molecule has 0 radical (unpaired) electrons. The largest absolute Gasteiger partial charge is 0.508 e. The van der Waals surface area contributed by atoms with Crippen LogP contribution in [0.25, 0.3) is 0 Å². The van der Waals surface area contributed by atoms with Gasteiger partial charge < -0.3 is 10.4 Å². The molecule has 2 N–H and O–H groups in total. The maximum absolute atomic E-state index is 11.3. The van der Waals surface area contributed by atoms with Crippen LogP contribution in [0.3, 0.4) is 0 Å². The molecule has 0 aliphatic heterocycles. The molecule has 0 unspecified atom stereocenters. The molecule has 2 rings (SSSR count). The Hall–Kier alpha value is -1.51. The molecule has 0 bridgehead atoms. The number of carbonyl (C=O) groups excluding carboxylic acids is 1. The summed E-state index contributed by atoms with van der Waals surface area (Å²) in [6, 6.07) is 6.59. The number of anilines is 1. The lowest BCUT2D eigenvalue weighted by atomic mass is 10.3. The quantitative estimate of drug-likeness (QED) is 0.722. The Kier molecular flexibility index (Phi) is 1.93. The van der Waals surface area contributed by atoms with Crippen molar-refractivity contribution in [2.45, 2.75) is 12.8 Å². The van der Waals surface area contributed by atoms with Crippen LogP contribution in [0, 0.1) is 5.92 Å². The van der Waals surface area contributed by atoms with Crippen molar-refractivity contribution >= 4 is 11.6 Å². The predicted octanol–water partition coefficient (Wildman–Crippen LogP) is 1.74. The molecule has 3 nitrogen and oxygen atoms in total. The molecular weight excluding hydrogens is 166 g/mol. The zero-order valence-electron chi connectivity index (χ0n) is 7.16. The number of hydrogen-bond acceptors (Lipinski definition) is 2. The number of amides is 1. The molecular formula is C10H11NO2. The van der Waals surface area contributed by atoms with Crippen molar-refractivity contribution in [3.05, 3.63) is 24.3 Å². The number of nitrogens with one attached hydrogen (secondary N) is 1. The number of rotatable bonds is 2. The van der Waals surface area contributed by atoms with Crippen LogP contribution in [0.1, 0.15) is 12.8 Å². The second-order valence-corrected chi connectivity index (χ2v) is 3.31. The summed E-state index contributed by atoms with van der Waals surface area (Å²) < 4.78 is 0. The summed E-state index contributed by atoms with van der Waals surface area (Å²) in [6.45, 7) is 0. The van der Waals surface area contributed by atoms with E-state index in [1.807, 2.05) is 0 Å². The predicted molar refractivity (Wildman–Crippen MR) is 49.5 cm³/mol. The van der Waals surface area contributed by atoms with Crippen molar-refractivity contribution in [3.63, 3.8) is 0 Å². The van der Waals surface area contributed by atoms with Gasteiger partial charge in [-0.05, 0) is 25.0 Å². The Morgan fingerprint density at radius 3 is 2.85 bits per heavy atom. The molecule has 1 amide bonds. The number of phenols is 1. The Morgan fingerprint density at radius 2 is 2.23 bits per heavy atom. The van der Waals surface area contributed by atoms with Gasteiger partial charge in [0.25, 0.3) is 0 Å². The number of carbonyl (C=O) groups is 1. The van der Waals surface area contributed by atoms with Gasteiger partial charge in [-0.25, -0.2) is 0 Å². The lowest BCUT2D eigenvalue weighted by Crippen LogP contribution is -2.12. The van der Waals surface area contributed by atoms with E-state index in [4.69, 9.17) is 5.11 Å². The Bertz CT molecular complexity index is 331. The molecule has 1 aromatic carbocycles. The lowest BCUT2D eigenvalue weighted by Gasteiger charge is -2.03. The fourth-order valence-corrected chi connectivity index (χ4v) is 1.17. The maximum atomic E-state index is 11.3. The molecule has 3 heteroatoms. The first kappa shape index (κ1) is 8.10. The third-order valence-corrected chi connectivity index (χ3v) is 2.06. The Labute approximate surface area is 76.4 Å². The summed E-state index contributed by atoms with van der Waals surface area (Å²) in [5, 5.41) is 11.9. The van der Waals surface area contributed by atoms with Crippen LogP contribution in [-0.2, 0) is 4.79 Å². The van der Waals surface area contributed by atoms with Crippen LogP contribution < -0.4 is 5.32 Å². The van der Waals surface area contributed by atoms with Crippen molar-refractivity contribution in [3.8, 4) is 5.75 Å². The lowest BCUT2D eigenvalue weighted by molar-refractivity contribution is -0.117. The van der Waals surface area contributed by atoms with Crippen LogP contribution in [0.5, 0.6) is 5.75 Å². The molecule has 0 spiro atoms. The van der Waals surface area contributed by atoms with E-state index in [1.165, 1.54) is 0 Å². The van der Waals surface area contributed by atoms with Gasteiger partial charge in [-0.1, -0.05) is 6.07 Å². The van der Waals surface area contributed by atoms with E-state index in [9.17, 15) is 4.79 Å². The first-order valence-corrected chi connectivity index (χ1v) is 4.35. The van der Waals surface area contributed by atoms with Crippen molar-refractivity contribution in [2.24, 2.45) is 5.92 Å². The minimum absolute atomic E-state index is 0.0607. The molecule has 1 aromatic rings. The second-order valence-electron chi connectivity index (χ2n) is 3.31. The van der Waals surface area contributed by atoms with Crippen LogP contribution in [0.2, 0.25) is 0 Å². The van der Waals surface area contributed by atoms with E-state index in [1.54, 1.807) is 24.3 Å². The van der Waals surface area contributed by atoms with E-state index in [0.29, 0.717) is 5.69 Å². The Morgan fingerprint density at radius 1 is 1.46 bits per heavy atom. The van der Waals surface area contributed by atoms with Gasteiger partial charge in [-0.2, -0.15) is 0 Å². The molecule has 0 heterocycles. The van der Waals surface area contributed by atoms with Crippen LogP contribution in [-0.4, -0.2) is 11.0 Å². The molecule has 1 fully saturated rings. The SMILES string of the molecule is O=C(Nc1cccc(O)c1)C1CC1. The highest BCUT2D eigenvalue weighted by Crippen LogP contribution is 2.30. The minimum atomic E-state index is 0.0607. The molecule has 0 atom stereocenters. The van der Waals surface area contributed by atoms with Gasteiger partial charge >= 0.3 is 0 Å². The molecule has 0 saturated heterocycles. The van der Waals surface area contributed by atoms with E-state index < -0.39 is 0 Å². The molecule has 68 valence electrons. The smallest absolute Gasteiger partial charge is 0.227 e. The van der Waals surface area contributed by atoms with Gasteiger partial charge in [0.1, 0.15) is 5.75 Å². The first-order valence-electron chi connectivity index (χ1n) is 4.35. The van der Waals surface area contributed by atoms with E-state index >= 15 is 0 Å². The molecule has 0 aromatic heterocycles. The number of hydrogen-bond donors (Lipinski definition) is 2. The second kappa shape index (κ2) is 3.09. The summed E-state index contributed by atoms with van der Waals surface area (Å²) >= 11 is 0. The van der Waals surface area contributed by atoms with Crippen molar-refractivity contribution in [2.75, 3.05) is 5.32 Å². The highest BCUT2D eigenvalue weighted by Gasteiger charge is 2.29. The summed E-state index contributed by atoms with van der Waals surface area (Å²) in [4.78, 5) is 11.3. The maximum Gasteiger partial charge on any atom is 0.227 e. The fourth-order valence-electron chi connectivity index (χ4n) is 1.17. The first-order chi connectivity index (χ1) is 6.25. The van der Waals surface area contributed by atoms with Gasteiger partial charge in [0, 0.05) is 17.7 Å². The number of aromatic hydroxyl groups is 1. The summed E-state index contributed by atoms with van der Waals surface area (Å²) in [6.07, 6.45) is 1.98. The van der Waals surface area contributed by atoms with E-state index in [-0.39, 0.29) is 17.6 Å². The highest BCUT2D eigenvalue weighted by atomic mass is 16.3. The van der Waals surface area contributed by atoms with Crippen LogP contribution in [0.4, 0.5) is 5.69 Å². The highest BCUT2D eigenvalue weighted by molar-refractivity contribution is 5.94. The van der Waals surface area contributed by atoms with Crippen molar-refractivity contribution in [1.82, 2.24) is 0 Å². The van der Waals surface area contributed by atoms with Gasteiger partial charge in [0.15, 0.2) is 0 Å². The van der Waals surface area contributed by atoms with Gasteiger partial charge in [-0.3, -0.25) is 4.79 Å². The zero-order valence-corrected chi connectivity index (χ0v) is 7.16. The van der Waals surface area contributed by atoms with E-state index in [2.05, 4.69) is 5.32 Å². The van der Waals surface area contributed by atoms with Crippen molar-refractivity contribution < 1.29 is 9.90 Å². The number of benzene rings is 1.